The van der Waals surface area contributed by atoms with E-state index in [2.05, 4.69) is 15.3 Å². The van der Waals surface area contributed by atoms with Crippen LogP contribution in [0.25, 0.3) is 0 Å². The zero-order valence-corrected chi connectivity index (χ0v) is 10.3. The van der Waals surface area contributed by atoms with Crippen LogP contribution in [0.2, 0.25) is 0 Å². The molecule has 2 N–H and O–H groups in total. The van der Waals surface area contributed by atoms with E-state index in [1.807, 2.05) is 13.8 Å². The predicted molar refractivity (Wildman–Crippen MR) is 65.7 cm³/mol. The van der Waals surface area contributed by atoms with Crippen molar-refractivity contribution in [1.82, 2.24) is 9.97 Å². The summed E-state index contributed by atoms with van der Waals surface area (Å²) in [5.74, 6) is 0.268. The maximum atomic E-state index is 13.6. The van der Waals surface area contributed by atoms with Crippen molar-refractivity contribution < 1.29 is 9.50 Å². The Bertz CT molecular complexity index is 348. The van der Waals surface area contributed by atoms with Gasteiger partial charge in [0.05, 0.1) is 6.20 Å². The number of rotatable bonds is 7. The first-order valence-corrected chi connectivity index (χ1v) is 5.85. The Kier molecular flexibility index (Phi) is 5.62. The Morgan fingerprint density at radius 3 is 2.82 bits per heavy atom. The molecule has 0 aliphatic rings. The number of halogens is 1. The average molecular weight is 242 g/mol. The highest BCUT2D eigenvalue weighted by molar-refractivity contribution is 5.43. The third-order valence-corrected chi connectivity index (χ3v) is 2.33. The quantitative estimate of drug-likeness (QED) is 0.753. The van der Waals surface area contributed by atoms with E-state index in [0.717, 1.165) is 0 Å². The summed E-state index contributed by atoms with van der Waals surface area (Å²) in [7, 11) is 0. The van der Waals surface area contributed by atoms with Gasteiger partial charge in [-0.15, -0.1) is 0 Å². The van der Waals surface area contributed by atoms with Crippen molar-refractivity contribution in [3.63, 3.8) is 0 Å². The topological polar surface area (TPSA) is 61.3 Å². The van der Waals surface area contributed by atoms with Crippen LogP contribution in [0.1, 0.15) is 20.3 Å². The number of aliphatic hydroxyl groups is 1. The van der Waals surface area contributed by atoms with Crippen molar-refractivity contribution in [2.45, 2.75) is 20.3 Å². The second-order valence-corrected chi connectivity index (χ2v) is 3.55. The highest BCUT2D eigenvalue weighted by atomic mass is 19.1. The first-order valence-electron chi connectivity index (χ1n) is 5.85. The standard InChI is InChI=1S/C11H19FN4O/c1-3-13-11-14-8-9(12)10(15-11)16(4-2)6-5-7-17/h8,17H,3-7H2,1-2H3,(H,13,14,15). The molecule has 0 aromatic carbocycles. The number of anilines is 2. The highest BCUT2D eigenvalue weighted by Gasteiger charge is 2.13. The number of aliphatic hydroxyl groups excluding tert-OH is 1. The minimum absolute atomic E-state index is 0.0866. The third kappa shape index (κ3) is 3.81. The third-order valence-electron chi connectivity index (χ3n) is 2.33. The first-order chi connectivity index (χ1) is 8.22. The van der Waals surface area contributed by atoms with Gasteiger partial charge in [-0.2, -0.15) is 4.98 Å². The Labute approximate surface area is 101 Å². The van der Waals surface area contributed by atoms with Gasteiger partial charge in [-0.1, -0.05) is 0 Å². The molecule has 0 saturated heterocycles. The van der Waals surface area contributed by atoms with E-state index in [9.17, 15) is 4.39 Å². The van der Waals surface area contributed by atoms with Gasteiger partial charge in [-0.3, -0.25) is 0 Å². The molecule has 0 bridgehead atoms. The summed E-state index contributed by atoms with van der Waals surface area (Å²) in [6, 6.07) is 0. The lowest BCUT2D eigenvalue weighted by Crippen LogP contribution is -2.27. The number of nitrogens with zero attached hydrogens (tertiary/aromatic N) is 3. The van der Waals surface area contributed by atoms with Gasteiger partial charge in [-0.25, -0.2) is 9.37 Å². The average Bonchev–Trinajstić information content (AvgIpc) is 2.34. The molecule has 0 fully saturated rings. The molecule has 0 amide bonds. The van der Waals surface area contributed by atoms with E-state index in [0.29, 0.717) is 32.0 Å². The van der Waals surface area contributed by atoms with Gasteiger partial charge in [0.1, 0.15) is 0 Å². The second-order valence-electron chi connectivity index (χ2n) is 3.55. The van der Waals surface area contributed by atoms with Crippen LogP contribution in [0.5, 0.6) is 0 Å². The molecule has 96 valence electrons. The summed E-state index contributed by atoms with van der Waals surface area (Å²) in [5, 5.41) is 11.7. The highest BCUT2D eigenvalue weighted by Crippen LogP contribution is 2.17. The fourth-order valence-corrected chi connectivity index (χ4v) is 1.50. The summed E-state index contributed by atoms with van der Waals surface area (Å²) in [4.78, 5) is 9.77. The van der Waals surface area contributed by atoms with Crippen LogP contribution in [0, 0.1) is 5.82 Å². The van der Waals surface area contributed by atoms with Crippen molar-refractivity contribution in [2.24, 2.45) is 0 Å². The van der Waals surface area contributed by atoms with Crippen LogP contribution in [0.4, 0.5) is 16.2 Å². The minimum Gasteiger partial charge on any atom is -0.396 e. The Balaban J connectivity index is 2.87. The van der Waals surface area contributed by atoms with Gasteiger partial charge in [0.2, 0.25) is 5.95 Å². The number of hydrogen-bond donors (Lipinski definition) is 2. The zero-order valence-electron chi connectivity index (χ0n) is 10.3. The normalized spacial score (nSPS) is 10.4. The molecule has 0 spiro atoms. The first kappa shape index (κ1) is 13.6. The zero-order chi connectivity index (χ0) is 12.7. The fraction of sp³-hybridized carbons (Fsp3) is 0.636. The number of aromatic nitrogens is 2. The van der Waals surface area contributed by atoms with Crippen LogP contribution in [-0.2, 0) is 0 Å². The molecule has 0 atom stereocenters. The largest absolute Gasteiger partial charge is 0.396 e. The Morgan fingerprint density at radius 2 is 2.24 bits per heavy atom. The molecule has 0 saturated carbocycles. The minimum atomic E-state index is -0.438. The molecule has 17 heavy (non-hydrogen) atoms. The van der Waals surface area contributed by atoms with Crippen molar-refractivity contribution in [3.8, 4) is 0 Å². The van der Waals surface area contributed by atoms with E-state index in [1.54, 1.807) is 4.90 Å². The summed E-state index contributed by atoms with van der Waals surface area (Å²) >= 11 is 0. The molecule has 1 aromatic heterocycles. The molecule has 6 heteroatoms. The molecule has 1 aromatic rings. The van der Waals surface area contributed by atoms with Crippen LogP contribution in [-0.4, -0.2) is 41.3 Å². The smallest absolute Gasteiger partial charge is 0.224 e. The molecule has 0 aliphatic carbocycles. The second kappa shape index (κ2) is 7.01. The van der Waals surface area contributed by atoms with Crippen molar-refractivity contribution >= 4 is 11.8 Å². The predicted octanol–water partition coefficient (Wildman–Crippen LogP) is 1.26. The van der Waals surface area contributed by atoms with E-state index in [4.69, 9.17) is 5.11 Å². The summed E-state index contributed by atoms with van der Waals surface area (Å²) in [6.45, 7) is 5.84. The van der Waals surface area contributed by atoms with Crippen LogP contribution < -0.4 is 10.2 Å². The van der Waals surface area contributed by atoms with Crippen LogP contribution >= 0.6 is 0 Å². The van der Waals surface area contributed by atoms with E-state index in [1.165, 1.54) is 6.20 Å². The lowest BCUT2D eigenvalue weighted by atomic mass is 10.3. The van der Waals surface area contributed by atoms with Gasteiger partial charge < -0.3 is 15.3 Å². The molecule has 0 aliphatic heterocycles. The fourth-order valence-electron chi connectivity index (χ4n) is 1.50. The number of hydrogen-bond acceptors (Lipinski definition) is 5. The van der Waals surface area contributed by atoms with Gasteiger partial charge in [0.25, 0.3) is 0 Å². The maximum Gasteiger partial charge on any atom is 0.224 e. The van der Waals surface area contributed by atoms with Crippen LogP contribution in [0.3, 0.4) is 0 Å². The monoisotopic (exact) mass is 242 g/mol. The molecule has 1 heterocycles. The lowest BCUT2D eigenvalue weighted by molar-refractivity contribution is 0.289. The molecule has 1 rings (SSSR count). The van der Waals surface area contributed by atoms with E-state index < -0.39 is 5.82 Å². The van der Waals surface area contributed by atoms with Crippen molar-refractivity contribution in [3.05, 3.63) is 12.0 Å². The van der Waals surface area contributed by atoms with Gasteiger partial charge >= 0.3 is 0 Å². The van der Waals surface area contributed by atoms with Gasteiger partial charge in [0, 0.05) is 26.2 Å². The molecular formula is C11H19FN4O. The number of nitrogens with one attached hydrogen (secondary N) is 1. The summed E-state index contributed by atoms with van der Waals surface area (Å²) in [5.41, 5.74) is 0. The Hall–Kier alpha value is -1.43. The van der Waals surface area contributed by atoms with E-state index >= 15 is 0 Å². The summed E-state index contributed by atoms with van der Waals surface area (Å²) in [6.07, 6.45) is 1.76. The summed E-state index contributed by atoms with van der Waals surface area (Å²) < 4.78 is 13.6. The maximum absolute atomic E-state index is 13.6. The SMILES string of the molecule is CCNc1ncc(F)c(N(CC)CCCO)n1. The molecule has 0 unspecified atom stereocenters. The van der Waals surface area contributed by atoms with Gasteiger partial charge in [0.15, 0.2) is 11.6 Å². The molecular weight excluding hydrogens is 223 g/mol. The lowest BCUT2D eigenvalue weighted by Gasteiger charge is -2.22. The van der Waals surface area contributed by atoms with Crippen molar-refractivity contribution in [2.75, 3.05) is 36.5 Å². The van der Waals surface area contributed by atoms with Gasteiger partial charge in [-0.05, 0) is 20.3 Å². The molecule has 5 nitrogen and oxygen atoms in total. The van der Waals surface area contributed by atoms with Crippen molar-refractivity contribution in [1.29, 1.82) is 0 Å². The van der Waals surface area contributed by atoms with Crippen LogP contribution in [0.15, 0.2) is 6.20 Å². The van der Waals surface area contributed by atoms with E-state index in [-0.39, 0.29) is 12.4 Å². The molecule has 0 radical (unpaired) electrons. The Morgan fingerprint density at radius 1 is 1.47 bits per heavy atom.